The fraction of sp³-hybridized carbons (Fsp3) is 0.389. The van der Waals surface area contributed by atoms with Gasteiger partial charge in [0.05, 0.1) is 0 Å². The summed E-state index contributed by atoms with van der Waals surface area (Å²) in [5.74, 6) is 0.571. The second-order valence-corrected chi connectivity index (χ2v) is 5.82. The predicted octanol–water partition coefficient (Wildman–Crippen LogP) is 3.76. The Morgan fingerprint density at radius 3 is 3.00 bits per heavy atom. The van der Waals surface area contributed by atoms with Crippen LogP contribution in [0.1, 0.15) is 31.2 Å². The van der Waals surface area contributed by atoms with Crippen LogP contribution in [0, 0.1) is 0 Å². The molecule has 23 heavy (non-hydrogen) atoms. The first-order chi connectivity index (χ1) is 11.3. The highest BCUT2D eigenvalue weighted by atomic mass is 16.5. The van der Waals surface area contributed by atoms with Gasteiger partial charge < -0.3 is 15.0 Å². The third-order valence-corrected chi connectivity index (χ3v) is 4.29. The molecule has 0 saturated carbocycles. The zero-order valence-corrected chi connectivity index (χ0v) is 13.4. The van der Waals surface area contributed by atoms with Crippen molar-refractivity contribution in [1.82, 2.24) is 10.3 Å². The summed E-state index contributed by atoms with van der Waals surface area (Å²) in [6, 6.07) is 5.92. The average molecular weight is 313 g/mol. The molecular formula is C18H23N3O2. The largest absolute Gasteiger partial charge is 0.445 e. The van der Waals surface area contributed by atoms with E-state index in [4.69, 9.17) is 4.74 Å². The number of hydrogen-bond acceptors (Lipinski definition) is 3. The molecule has 122 valence electrons. The second kappa shape index (κ2) is 7.33. The van der Waals surface area contributed by atoms with Crippen LogP contribution in [0.3, 0.4) is 0 Å². The molecule has 2 heterocycles. The maximum absolute atomic E-state index is 11.8. The number of carbonyl (C=O) groups excluding carboxylic acids is 1. The Morgan fingerprint density at radius 1 is 1.39 bits per heavy atom. The van der Waals surface area contributed by atoms with E-state index >= 15 is 0 Å². The van der Waals surface area contributed by atoms with Crippen molar-refractivity contribution in [3.63, 3.8) is 0 Å². The summed E-state index contributed by atoms with van der Waals surface area (Å²) in [7, 11) is 0. The normalized spacial score (nSPS) is 16.0. The fourth-order valence-corrected chi connectivity index (χ4v) is 3.06. The molecule has 3 N–H and O–H groups in total. The van der Waals surface area contributed by atoms with Crippen LogP contribution >= 0.6 is 0 Å². The van der Waals surface area contributed by atoms with Crippen molar-refractivity contribution in [1.29, 1.82) is 0 Å². The molecule has 0 aliphatic carbocycles. The lowest BCUT2D eigenvalue weighted by Gasteiger charge is -2.22. The number of aromatic amines is 1. The van der Waals surface area contributed by atoms with E-state index in [0.717, 1.165) is 37.1 Å². The number of allylic oxidation sites excluding steroid dienone is 1. The van der Waals surface area contributed by atoms with Crippen molar-refractivity contribution in [3.8, 4) is 0 Å². The Bertz CT molecular complexity index is 699. The minimum Gasteiger partial charge on any atom is -0.445 e. The van der Waals surface area contributed by atoms with Gasteiger partial charge in [0.25, 0.3) is 0 Å². The van der Waals surface area contributed by atoms with Crippen molar-refractivity contribution in [2.24, 2.45) is 0 Å². The summed E-state index contributed by atoms with van der Waals surface area (Å²) in [6.07, 6.45) is 7.62. The highest BCUT2D eigenvalue weighted by Gasteiger charge is 2.18. The first kappa shape index (κ1) is 15.6. The van der Waals surface area contributed by atoms with Crippen LogP contribution in [0.4, 0.5) is 10.5 Å². The minimum atomic E-state index is -0.429. The summed E-state index contributed by atoms with van der Waals surface area (Å²) >= 11 is 0. The number of piperidine rings is 1. The van der Waals surface area contributed by atoms with Crippen molar-refractivity contribution < 1.29 is 9.53 Å². The summed E-state index contributed by atoms with van der Waals surface area (Å²) in [6.45, 7) is 4.30. The molecule has 5 heteroatoms. The van der Waals surface area contributed by atoms with E-state index in [-0.39, 0.29) is 6.61 Å². The maximum Gasteiger partial charge on any atom is 0.411 e. The molecule has 2 aromatic rings. The number of nitrogens with one attached hydrogen (secondary N) is 3. The molecule has 5 nitrogen and oxygen atoms in total. The van der Waals surface area contributed by atoms with Crippen LogP contribution in [-0.4, -0.2) is 30.8 Å². The van der Waals surface area contributed by atoms with Crippen LogP contribution in [-0.2, 0) is 4.74 Å². The van der Waals surface area contributed by atoms with Crippen LogP contribution < -0.4 is 10.6 Å². The zero-order chi connectivity index (χ0) is 16.1. The Balaban J connectivity index is 1.76. The highest BCUT2D eigenvalue weighted by molar-refractivity contribution is 5.91. The molecule has 0 atom stereocenters. The quantitative estimate of drug-likeness (QED) is 0.753. The molecule has 0 radical (unpaired) electrons. The summed E-state index contributed by atoms with van der Waals surface area (Å²) < 4.78 is 5.07. The van der Waals surface area contributed by atoms with Gasteiger partial charge in [0.15, 0.2) is 0 Å². The number of fused-ring (bicyclic) bond motifs is 1. The lowest BCUT2D eigenvalue weighted by atomic mass is 9.90. The summed E-state index contributed by atoms with van der Waals surface area (Å²) in [5, 5.41) is 7.37. The van der Waals surface area contributed by atoms with E-state index in [1.54, 1.807) is 6.08 Å². The van der Waals surface area contributed by atoms with Crippen molar-refractivity contribution >= 4 is 22.7 Å². The molecule has 1 aromatic heterocycles. The van der Waals surface area contributed by atoms with E-state index < -0.39 is 6.09 Å². The van der Waals surface area contributed by atoms with E-state index in [1.165, 1.54) is 10.9 Å². The van der Waals surface area contributed by atoms with E-state index in [0.29, 0.717) is 5.92 Å². The molecule has 0 unspecified atom stereocenters. The van der Waals surface area contributed by atoms with E-state index in [1.807, 2.05) is 31.2 Å². The van der Waals surface area contributed by atoms with Gasteiger partial charge in [0, 0.05) is 22.8 Å². The molecule has 0 bridgehead atoms. The zero-order valence-electron chi connectivity index (χ0n) is 13.4. The molecule has 0 spiro atoms. The predicted molar refractivity (Wildman–Crippen MR) is 92.9 cm³/mol. The molecule has 1 saturated heterocycles. The van der Waals surface area contributed by atoms with Crippen LogP contribution in [0.5, 0.6) is 0 Å². The Hall–Kier alpha value is -2.27. The number of rotatable bonds is 4. The third-order valence-electron chi connectivity index (χ3n) is 4.29. The van der Waals surface area contributed by atoms with Crippen molar-refractivity contribution in [2.45, 2.75) is 25.7 Å². The Labute approximate surface area is 136 Å². The van der Waals surface area contributed by atoms with E-state index in [2.05, 4.69) is 21.8 Å². The Morgan fingerprint density at radius 2 is 2.22 bits per heavy atom. The number of anilines is 1. The van der Waals surface area contributed by atoms with Gasteiger partial charge in [-0.05, 0) is 62.5 Å². The molecule has 3 rings (SSSR count). The minimum absolute atomic E-state index is 0.287. The first-order valence-corrected chi connectivity index (χ1v) is 8.14. The maximum atomic E-state index is 11.8. The smallest absolute Gasteiger partial charge is 0.411 e. The van der Waals surface area contributed by atoms with Gasteiger partial charge in [-0.15, -0.1) is 0 Å². The Kier molecular flexibility index (Phi) is 4.98. The number of carbonyl (C=O) groups is 1. The van der Waals surface area contributed by atoms with Gasteiger partial charge >= 0.3 is 6.09 Å². The van der Waals surface area contributed by atoms with Gasteiger partial charge in [-0.1, -0.05) is 12.2 Å². The first-order valence-electron chi connectivity index (χ1n) is 8.14. The number of benzene rings is 1. The molecule has 1 fully saturated rings. The van der Waals surface area contributed by atoms with Crippen molar-refractivity contribution in [2.75, 3.05) is 25.0 Å². The number of hydrogen-bond donors (Lipinski definition) is 3. The van der Waals surface area contributed by atoms with Gasteiger partial charge in [-0.25, -0.2) is 4.79 Å². The number of aromatic nitrogens is 1. The van der Waals surface area contributed by atoms with Gasteiger partial charge in [-0.2, -0.15) is 0 Å². The van der Waals surface area contributed by atoms with Crippen LogP contribution in [0.25, 0.3) is 10.9 Å². The topological polar surface area (TPSA) is 66.1 Å². The summed E-state index contributed by atoms with van der Waals surface area (Å²) in [4.78, 5) is 15.1. The molecule has 1 aliphatic heterocycles. The number of amides is 1. The molecule has 1 amide bonds. The average Bonchev–Trinajstić information content (AvgIpc) is 2.99. The molecular weight excluding hydrogens is 290 g/mol. The highest BCUT2D eigenvalue weighted by Crippen LogP contribution is 2.32. The number of ether oxygens (including phenoxy) is 1. The van der Waals surface area contributed by atoms with Gasteiger partial charge in [-0.3, -0.25) is 5.32 Å². The van der Waals surface area contributed by atoms with E-state index in [9.17, 15) is 4.79 Å². The van der Waals surface area contributed by atoms with Crippen molar-refractivity contribution in [3.05, 3.63) is 42.1 Å². The summed E-state index contributed by atoms with van der Waals surface area (Å²) in [5.41, 5.74) is 3.21. The van der Waals surface area contributed by atoms with Crippen LogP contribution in [0.2, 0.25) is 0 Å². The SMILES string of the molecule is C/C=C/COC(=O)Nc1ccc2[nH]cc(C3CCNCC3)c2c1. The lowest BCUT2D eigenvalue weighted by molar-refractivity contribution is 0.174. The second-order valence-electron chi connectivity index (χ2n) is 5.82. The van der Waals surface area contributed by atoms with Gasteiger partial charge in [0.1, 0.15) is 6.61 Å². The van der Waals surface area contributed by atoms with Crippen LogP contribution in [0.15, 0.2) is 36.5 Å². The standard InChI is InChI=1S/C18H23N3O2/c1-2-3-10-23-18(22)21-14-4-5-17-15(11-14)16(12-20-17)13-6-8-19-9-7-13/h2-5,11-13,19-20H,6-10H2,1H3,(H,21,22)/b3-2+. The molecule has 1 aliphatic rings. The monoisotopic (exact) mass is 313 g/mol. The third kappa shape index (κ3) is 3.74. The lowest BCUT2D eigenvalue weighted by Crippen LogP contribution is -2.26. The fourth-order valence-electron chi connectivity index (χ4n) is 3.06. The number of H-pyrrole nitrogens is 1. The van der Waals surface area contributed by atoms with Gasteiger partial charge in [0.2, 0.25) is 0 Å². The molecule has 1 aromatic carbocycles.